The Morgan fingerprint density at radius 1 is 0.442 bits per heavy atom. The predicted octanol–water partition coefficient (Wildman–Crippen LogP) is 10.3. The van der Waals surface area contributed by atoms with Gasteiger partial charge in [-0.05, 0) is 75.0 Å². The van der Waals surface area contributed by atoms with Crippen LogP contribution in [0.3, 0.4) is 0 Å². The Morgan fingerprint density at radius 3 is 1.40 bits per heavy atom. The summed E-state index contributed by atoms with van der Waals surface area (Å²) in [5.74, 6) is 0.454. The molecule has 6 rings (SSSR count). The normalized spacial score (nSPS) is 11.3. The van der Waals surface area contributed by atoms with Gasteiger partial charge in [-0.15, -0.1) is 0 Å². The molecule has 0 saturated carbocycles. The van der Waals surface area contributed by atoms with E-state index in [9.17, 15) is 0 Å². The minimum Gasteiger partial charge on any atom is -0.383 e. The molecule has 208 valence electrons. The standard InChI is InChI=1S/C41H34N2/c1-28-37(34-22-20-33(21-23-34)32-14-8-5-9-15-32)16-10-18-39(28)40-19-11-17-38(29(40)2)35-24-26-36(27-25-35)41(42)43-30(3)31-12-6-4-7-13-31/h4-27H,3H2,1-2H3,(H2,42,43). The van der Waals surface area contributed by atoms with Crippen LogP contribution in [0.1, 0.15) is 22.3 Å². The molecule has 43 heavy (non-hydrogen) atoms. The molecule has 2 nitrogen and oxygen atoms in total. The molecule has 0 fully saturated rings. The molecule has 0 saturated heterocycles. The Hall–Kier alpha value is -5.47. The Bertz CT molecular complexity index is 1920. The maximum absolute atomic E-state index is 6.36. The number of nitrogens with zero attached hydrogens (tertiary/aromatic N) is 1. The lowest BCUT2D eigenvalue weighted by Crippen LogP contribution is -2.13. The van der Waals surface area contributed by atoms with E-state index in [2.05, 4.69) is 129 Å². The second-order valence-electron chi connectivity index (χ2n) is 10.8. The lowest BCUT2D eigenvalue weighted by atomic mass is 9.88. The summed E-state index contributed by atoms with van der Waals surface area (Å²) in [5.41, 5.74) is 21.1. The second kappa shape index (κ2) is 12.2. The van der Waals surface area contributed by atoms with Crippen molar-refractivity contribution in [2.24, 2.45) is 10.7 Å². The molecule has 0 heterocycles. The summed E-state index contributed by atoms with van der Waals surface area (Å²) >= 11 is 0. The molecule has 2 heteroatoms. The largest absolute Gasteiger partial charge is 0.383 e. The number of hydrogen-bond acceptors (Lipinski definition) is 1. The molecule has 6 aromatic carbocycles. The molecule has 0 atom stereocenters. The topological polar surface area (TPSA) is 38.4 Å². The van der Waals surface area contributed by atoms with Crippen LogP contribution >= 0.6 is 0 Å². The summed E-state index contributed by atoms with van der Waals surface area (Å²) in [6.07, 6.45) is 0. The van der Waals surface area contributed by atoms with Crippen LogP contribution in [-0.2, 0) is 0 Å². The highest BCUT2D eigenvalue weighted by atomic mass is 14.9. The first-order valence-electron chi connectivity index (χ1n) is 14.5. The molecule has 0 aliphatic rings. The lowest BCUT2D eigenvalue weighted by molar-refractivity contribution is 1.40. The van der Waals surface area contributed by atoms with Gasteiger partial charge < -0.3 is 5.73 Å². The van der Waals surface area contributed by atoms with E-state index in [4.69, 9.17) is 5.73 Å². The van der Waals surface area contributed by atoms with Gasteiger partial charge in [-0.1, -0.05) is 152 Å². The highest BCUT2D eigenvalue weighted by Gasteiger charge is 2.13. The first-order chi connectivity index (χ1) is 21.0. The van der Waals surface area contributed by atoms with Crippen LogP contribution in [0.25, 0.3) is 50.2 Å². The molecule has 0 amide bonds. The number of benzene rings is 6. The fourth-order valence-corrected chi connectivity index (χ4v) is 5.68. The van der Waals surface area contributed by atoms with Crippen molar-refractivity contribution in [3.63, 3.8) is 0 Å². The Balaban J connectivity index is 1.28. The summed E-state index contributed by atoms with van der Waals surface area (Å²) in [4.78, 5) is 4.55. The van der Waals surface area contributed by atoms with E-state index in [0.717, 1.165) is 16.7 Å². The smallest absolute Gasteiger partial charge is 0.131 e. The summed E-state index contributed by atoms with van der Waals surface area (Å²) in [6.45, 7) is 8.52. The van der Waals surface area contributed by atoms with Gasteiger partial charge in [0.15, 0.2) is 0 Å². The third kappa shape index (κ3) is 5.82. The molecule has 2 N–H and O–H groups in total. The minimum atomic E-state index is 0.454. The molecule has 0 unspecified atom stereocenters. The van der Waals surface area contributed by atoms with Crippen molar-refractivity contribution in [1.82, 2.24) is 0 Å². The molecule has 0 spiro atoms. The molecule has 0 aromatic heterocycles. The van der Waals surface area contributed by atoms with E-state index in [0.29, 0.717) is 11.5 Å². The van der Waals surface area contributed by atoms with Gasteiger partial charge in [-0.25, -0.2) is 4.99 Å². The SMILES string of the molecule is C=C(/N=C(\N)c1ccc(-c2cccc(-c3cccc(-c4ccc(-c5ccccc5)cc4)c3C)c2C)cc1)c1ccccc1. The van der Waals surface area contributed by atoms with E-state index < -0.39 is 0 Å². The molecule has 0 aliphatic carbocycles. The molecule has 6 aromatic rings. The van der Waals surface area contributed by atoms with Crippen molar-refractivity contribution < 1.29 is 0 Å². The van der Waals surface area contributed by atoms with Crippen LogP contribution in [0.4, 0.5) is 0 Å². The zero-order valence-electron chi connectivity index (χ0n) is 24.6. The first-order valence-corrected chi connectivity index (χ1v) is 14.5. The van der Waals surface area contributed by atoms with E-state index in [1.807, 2.05) is 42.5 Å². The highest BCUT2D eigenvalue weighted by Crippen LogP contribution is 2.37. The van der Waals surface area contributed by atoms with Crippen LogP contribution in [0.2, 0.25) is 0 Å². The fourth-order valence-electron chi connectivity index (χ4n) is 5.68. The quantitative estimate of drug-likeness (QED) is 0.155. The highest BCUT2D eigenvalue weighted by molar-refractivity contribution is 6.01. The maximum atomic E-state index is 6.36. The molecule has 0 aliphatic heterocycles. The Labute approximate surface area is 254 Å². The van der Waals surface area contributed by atoms with Crippen molar-refractivity contribution in [3.8, 4) is 44.5 Å². The number of nitrogens with two attached hydrogens (primary N) is 1. The van der Waals surface area contributed by atoms with Gasteiger partial charge in [0.25, 0.3) is 0 Å². The van der Waals surface area contributed by atoms with Crippen LogP contribution in [0, 0.1) is 13.8 Å². The average Bonchev–Trinajstić information content (AvgIpc) is 3.06. The fraction of sp³-hybridized carbons (Fsp3) is 0.0488. The van der Waals surface area contributed by atoms with Gasteiger partial charge in [0.1, 0.15) is 5.84 Å². The van der Waals surface area contributed by atoms with E-state index in [1.54, 1.807) is 0 Å². The van der Waals surface area contributed by atoms with E-state index in [-0.39, 0.29) is 0 Å². The Kier molecular flexibility index (Phi) is 7.84. The van der Waals surface area contributed by atoms with Gasteiger partial charge in [-0.2, -0.15) is 0 Å². The summed E-state index contributed by atoms with van der Waals surface area (Å²) in [7, 11) is 0. The van der Waals surface area contributed by atoms with Crippen molar-refractivity contribution in [1.29, 1.82) is 0 Å². The number of rotatable bonds is 7. The molecular weight excluding hydrogens is 520 g/mol. The molecule has 0 radical (unpaired) electrons. The summed E-state index contributed by atoms with van der Waals surface area (Å²) < 4.78 is 0. The second-order valence-corrected chi connectivity index (χ2v) is 10.8. The van der Waals surface area contributed by atoms with Crippen LogP contribution < -0.4 is 5.73 Å². The van der Waals surface area contributed by atoms with Gasteiger partial charge in [-0.3, -0.25) is 0 Å². The average molecular weight is 555 g/mol. The monoisotopic (exact) mass is 554 g/mol. The molecule has 0 bridgehead atoms. The van der Waals surface area contributed by atoms with Crippen molar-refractivity contribution in [3.05, 3.63) is 174 Å². The molecular formula is C41H34N2. The summed E-state index contributed by atoms with van der Waals surface area (Å²) in [5, 5.41) is 0. The predicted molar refractivity (Wildman–Crippen MR) is 184 cm³/mol. The van der Waals surface area contributed by atoms with Crippen LogP contribution in [0.5, 0.6) is 0 Å². The maximum Gasteiger partial charge on any atom is 0.131 e. The van der Waals surface area contributed by atoms with Gasteiger partial charge in [0.05, 0.1) is 5.70 Å². The Morgan fingerprint density at radius 2 is 0.860 bits per heavy atom. The third-order valence-electron chi connectivity index (χ3n) is 8.11. The van der Waals surface area contributed by atoms with Crippen molar-refractivity contribution in [2.75, 3.05) is 0 Å². The number of hydrogen-bond donors (Lipinski definition) is 1. The van der Waals surface area contributed by atoms with Crippen LogP contribution in [-0.4, -0.2) is 5.84 Å². The zero-order valence-corrected chi connectivity index (χ0v) is 24.6. The zero-order chi connectivity index (χ0) is 29.8. The summed E-state index contributed by atoms with van der Waals surface area (Å²) in [6, 6.07) is 50.7. The number of aliphatic imine (C=N–C) groups is 1. The van der Waals surface area contributed by atoms with E-state index >= 15 is 0 Å². The van der Waals surface area contributed by atoms with Gasteiger partial charge >= 0.3 is 0 Å². The number of amidine groups is 1. The van der Waals surface area contributed by atoms with Crippen molar-refractivity contribution >= 4 is 11.5 Å². The van der Waals surface area contributed by atoms with Gasteiger partial charge in [0, 0.05) is 5.56 Å². The lowest BCUT2D eigenvalue weighted by Gasteiger charge is -2.17. The minimum absolute atomic E-state index is 0.454. The van der Waals surface area contributed by atoms with E-state index in [1.165, 1.54) is 50.1 Å². The van der Waals surface area contributed by atoms with Crippen LogP contribution in [0.15, 0.2) is 157 Å². The van der Waals surface area contributed by atoms with Crippen molar-refractivity contribution in [2.45, 2.75) is 13.8 Å². The van der Waals surface area contributed by atoms with Gasteiger partial charge in [0.2, 0.25) is 0 Å². The third-order valence-corrected chi connectivity index (χ3v) is 8.11. The first kappa shape index (κ1) is 27.7.